The molecule has 0 aliphatic carbocycles. The number of hydrogen-bond acceptors (Lipinski definition) is 5. The number of ether oxygens (including phenoxy) is 1. The Balaban J connectivity index is 1.32. The van der Waals surface area contributed by atoms with Crippen LogP contribution in [0.25, 0.3) is 0 Å². The Morgan fingerprint density at radius 3 is 3.00 bits per heavy atom. The molecular weight excluding hydrogens is 366 g/mol. The molecule has 2 atom stereocenters. The summed E-state index contributed by atoms with van der Waals surface area (Å²) in [7, 11) is 0. The van der Waals surface area contributed by atoms with Crippen molar-refractivity contribution in [3.8, 4) is 0 Å². The fourth-order valence-electron chi connectivity index (χ4n) is 3.88. The van der Waals surface area contributed by atoms with E-state index in [9.17, 15) is 0 Å². The molecule has 7 heteroatoms. The highest BCUT2D eigenvalue weighted by Gasteiger charge is 2.24. The Bertz CT molecular complexity index is 744. The topological polar surface area (TPSA) is 74.9 Å². The van der Waals surface area contributed by atoms with Gasteiger partial charge in [-0.2, -0.15) is 0 Å². The normalized spacial score (nSPS) is 22.6. The van der Waals surface area contributed by atoms with Gasteiger partial charge in [-0.1, -0.05) is 6.07 Å². The standard InChI is InChI=1S/C22H31N5O2/c1-3-11-23-21(8-1)27-13-10-18(17-27)26-22(24-12-9-19-7-5-15-28-19)25-16-20-6-2-4-14-29-20/h1,3,5,7-8,11,15,18,20H,2,4,6,9-10,12-14,16-17H2,(H2,24,25,26). The lowest BCUT2D eigenvalue weighted by molar-refractivity contribution is 0.0224. The van der Waals surface area contributed by atoms with Gasteiger partial charge >= 0.3 is 0 Å². The molecule has 7 nitrogen and oxygen atoms in total. The van der Waals surface area contributed by atoms with Crippen molar-refractivity contribution in [1.82, 2.24) is 15.6 Å². The third kappa shape index (κ3) is 5.97. The Morgan fingerprint density at radius 1 is 1.21 bits per heavy atom. The van der Waals surface area contributed by atoms with E-state index in [-0.39, 0.29) is 6.10 Å². The number of rotatable bonds is 7. The second-order valence-electron chi connectivity index (χ2n) is 7.70. The third-order valence-electron chi connectivity index (χ3n) is 5.47. The lowest BCUT2D eigenvalue weighted by atomic mass is 10.1. The van der Waals surface area contributed by atoms with Crippen LogP contribution >= 0.6 is 0 Å². The summed E-state index contributed by atoms with van der Waals surface area (Å²) in [4.78, 5) is 11.6. The first-order valence-corrected chi connectivity index (χ1v) is 10.7. The maximum atomic E-state index is 5.84. The summed E-state index contributed by atoms with van der Waals surface area (Å²) >= 11 is 0. The Kier molecular flexibility index (Phi) is 7.02. The van der Waals surface area contributed by atoms with Crippen LogP contribution in [0.2, 0.25) is 0 Å². The van der Waals surface area contributed by atoms with Crippen LogP contribution in [-0.4, -0.2) is 55.9 Å². The smallest absolute Gasteiger partial charge is 0.191 e. The predicted molar refractivity (Wildman–Crippen MR) is 114 cm³/mol. The number of nitrogens with zero attached hydrogens (tertiary/aromatic N) is 3. The summed E-state index contributed by atoms with van der Waals surface area (Å²) in [5.41, 5.74) is 0. The molecule has 2 unspecified atom stereocenters. The van der Waals surface area contributed by atoms with Gasteiger partial charge in [0.25, 0.3) is 0 Å². The van der Waals surface area contributed by atoms with Crippen LogP contribution in [-0.2, 0) is 11.2 Å². The van der Waals surface area contributed by atoms with Gasteiger partial charge in [-0.3, -0.25) is 4.99 Å². The summed E-state index contributed by atoms with van der Waals surface area (Å²) in [6.07, 6.45) is 9.19. The van der Waals surface area contributed by atoms with Crippen molar-refractivity contribution < 1.29 is 9.15 Å². The van der Waals surface area contributed by atoms with Crippen molar-refractivity contribution in [2.45, 2.75) is 44.2 Å². The van der Waals surface area contributed by atoms with E-state index in [2.05, 4.69) is 26.6 Å². The van der Waals surface area contributed by atoms with Gasteiger partial charge in [0.15, 0.2) is 5.96 Å². The third-order valence-corrected chi connectivity index (χ3v) is 5.47. The Hall–Kier alpha value is -2.54. The number of pyridine rings is 1. The number of furan rings is 1. The predicted octanol–water partition coefficient (Wildman–Crippen LogP) is 2.60. The molecule has 2 aromatic rings. The molecule has 0 amide bonds. The van der Waals surface area contributed by atoms with Crippen molar-refractivity contribution in [3.05, 3.63) is 48.6 Å². The lowest BCUT2D eigenvalue weighted by Gasteiger charge is -2.23. The van der Waals surface area contributed by atoms with E-state index in [1.165, 1.54) is 6.42 Å². The fourth-order valence-corrected chi connectivity index (χ4v) is 3.88. The highest BCUT2D eigenvalue weighted by molar-refractivity contribution is 5.80. The fraction of sp³-hybridized carbons (Fsp3) is 0.545. The molecule has 4 rings (SSSR count). The van der Waals surface area contributed by atoms with E-state index < -0.39 is 0 Å². The first-order chi connectivity index (χ1) is 14.4. The number of hydrogen-bond donors (Lipinski definition) is 2. The maximum Gasteiger partial charge on any atom is 0.191 e. The minimum atomic E-state index is 0.237. The van der Waals surface area contributed by atoms with Gasteiger partial charge in [-0.25, -0.2) is 4.98 Å². The summed E-state index contributed by atoms with van der Waals surface area (Å²) in [6.45, 7) is 4.26. The van der Waals surface area contributed by atoms with Gasteiger partial charge < -0.3 is 24.7 Å². The van der Waals surface area contributed by atoms with Crippen LogP contribution in [0, 0.1) is 0 Å². The first kappa shape index (κ1) is 19.8. The summed E-state index contributed by atoms with van der Waals surface area (Å²) in [6, 6.07) is 10.3. The van der Waals surface area contributed by atoms with Crippen LogP contribution in [0.5, 0.6) is 0 Å². The van der Waals surface area contributed by atoms with Crippen molar-refractivity contribution in [2.24, 2.45) is 4.99 Å². The van der Waals surface area contributed by atoms with E-state index >= 15 is 0 Å². The Morgan fingerprint density at radius 2 is 2.21 bits per heavy atom. The highest BCUT2D eigenvalue weighted by Crippen LogP contribution is 2.17. The summed E-state index contributed by atoms with van der Waals surface area (Å²) < 4.78 is 11.3. The van der Waals surface area contributed by atoms with Crippen molar-refractivity contribution in [2.75, 3.05) is 37.7 Å². The number of nitrogens with one attached hydrogen (secondary N) is 2. The molecule has 4 heterocycles. The zero-order valence-electron chi connectivity index (χ0n) is 16.9. The molecular formula is C22H31N5O2. The van der Waals surface area contributed by atoms with Crippen molar-refractivity contribution in [1.29, 1.82) is 0 Å². The molecule has 0 radical (unpaired) electrons. The van der Waals surface area contributed by atoms with Gasteiger partial charge in [0.2, 0.25) is 0 Å². The van der Waals surface area contributed by atoms with E-state index in [4.69, 9.17) is 14.1 Å². The molecule has 0 spiro atoms. The second kappa shape index (κ2) is 10.3. The molecule has 0 bridgehead atoms. The van der Waals surface area contributed by atoms with Crippen molar-refractivity contribution in [3.63, 3.8) is 0 Å². The number of aromatic nitrogens is 1. The van der Waals surface area contributed by atoms with Crippen LogP contribution in [0.3, 0.4) is 0 Å². The largest absolute Gasteiger partial charge is 0.469 e. The molecule has 2 saturated heterocycles. The van der Waals surface area contributed by atoms with E-state index in [1.54, 1.807) is 6.26 Å². The average molecular weight is 398 g/mol. The van der Waals surface area contributed by atoms with E-state index in [0.717, 1.165) is 69.5 Å². The molecule has 2 fully saturated rings. The second-order valence-corrected chi connectivity index (χ2v) is 7.70. The number of anilines is 1. The molecule has 2 aliphatic rings. The van der Waals surface area contributed by atoms with E-state index in [0.29, 0.717) is 12.6 Å². The SMILES string of the molecule is c1ccc(N2CCC(NC(=NCC3CCCCO3)NCCc3ccco3)C2)nc1. The molecule has 0 aromatic carbocycles. The number of guanidine groups is 1. The minimum Gasteiger partial charge on any atom is -0.469 e. The molecule has 0 saturated carbocycles. The molecule has 2 N–H and O–H groups in total. The molecule has 156 valence electrons. The minimum absolute atomic E-state index is 0.237. The lowest BCUT2D eigenvalue weighted by Crippen LogP contribution is -2.45. The summed E-state index contributed by atoms with van der Waals surface area (Å²) in [5, 5.41) is 7.09. The monoisotopic (exact) mass is 397 g/mol. The quantitative estimate of drug-likeness (QED) is 0.553. The van der Waals surface area contributed by atoms with Crippen LogP contribution < -0.4 is 15.5 Å². The average Bonchev–Trinajstić information content (AvgIpc) is 3.46. The molecule has 2 aromatic heterocycles. The van der Waals surface area contributed by atoms with Gasteiger partial charge in [-0.05, 0) is 49.9 Å². The Labute approximate surface area is 172 Å². The van der Waals surface area contributed by atoms with Crippen LogP contribution in [0.4, 0.5) is 5.82 Å². The summed E-state index contributed by atoms with van der Waals surface area (Å²) in [5.74, 6) is 2.88. The van der Waals surface area contributed by atoms with Crippen molar-refractivity contribution >= 4 is 11.8 Å². The molecule has 29 heavy (non-hydrogen) atoms. The maximum absolute atomic E-state index is 5.84. The van der Waals surface area contributed by atoms with Crippen LogP contribution in [0.1, 0.15) is 31.4 Å². The van der Waals surface area contributed by atoms with Gasteiger partial charge in [0.1, 0.15) is 11.6 Å². The van der Waals surface area contributed by atoms with Gasteiger partial charge in [0.05, 0.1) is 18.9 Å². The first-order valence-electron chi connectivity index (χ1n) is 10.7. The van der Waals surface area contributed by atoms with Gasteiger partial charge in [-0.15, -0.1) is 0 Å². The highest BCUT2D eigenvalue weighted by atomic mass is 16.5. The van der Waals surface area contributed by atoms with Gasteiger partial charge in [0, 0.05) is 44.9 Å². The van der Waals surface area contributed by atoms with Crippen LogP contribution in [0.15, 0.2) is 52.2 Å². The number of aliphatic imine (C=N–C) groups is 1. The zero-order valence-corrected chi connectivity index (χ0v) is 16.9. The zero-order chi connectivity index (χ0) is 19.7. The molecule has 2 aliphatic heterocycles. The van der Waals surface area contributed by atoms with E-state index in [1.807, 2.05) is 30.5 Å².